The largest absolute Gasteiger partial charge is 0.475 e. The maximum atomic E-state index is 5.81. The van der Waals surface area contributed by atoms with E-state index in [2.05, 4.69) is 78.9 Å². The first-order chi connectivity index (χ1) is 10.1. The fourth-order valence-corrected chi connectivity index (χ4v) is 2.93. The maximum Gasteiger partial charge on any atom is 0.217 e. The van der Waals surface area contributed by atoms with Crippen molar-refractivity contribution in [1.29, 1.82) is 0 Å². The molecule has 2 aromatic rings. The summed E-state index contributed by atoms with van der Waals surface area (Å²) in [6, 6.07) is 17.0. The molecule has 21 heavy (non-hydrogen) atoms. The third-order valence-electron chi connectivity index (χ3n) is 3.54. The standard InChI is InChI=1S/C18H18INO/c1-18(2)12-21-17(20-18)16-6-4-3-5-15(16)14-9-7-13(11-19)8-10-14/h3-10H,11-12H2,1-2H3. The van der Waals surface area contributed by atoms with Crippen LogP contribution in [0, 0.1) is 0 Å². The molecule has 0 saturated heterocycles. The summed E-state index contributed by atoms with van der Waals surface area (Å²) in [4.78, 5) is 4.70. The van der Waals surface area contributed by atoms with Gasteiger partial charge in [0.25, 0.3) is 0 Å². The molecule has 0 radical (unpaired) electrons. The van der Waals surface area contributed by atoms with E-state index in [1.54, 1.807) is 0 Å². The summed E-state index contributed by atoms with van der Waals surface area (Å²) in [5, 5.41) is 0. The molecule has 3 heteroatoms. The van der Waals surface area contributed by atoms with Gasteiger partial charge >= 0.3 is 0 Å². The molecule has 2 aromatic carbocycles. The third-order valence-corrected chi connectivity index (χ3v) is 4.42. The highest BCUT2D eigenvalue weighted by Gasteiger charge is 2.28. The van der Waals surface area contributed by atoms with Gasteiger partial charge in [-0.2, -0.15) is 0 Å². The Morgan fingerprint density at radius 2 is 1.71 bits per heavy atom. The van der Waals surface area contributed by atoms with Crippen molar-refractivity contribution in [3.63, 3.8) is 0 Å². The summed E-state index contributed by atoms with van der Waals surface area (Å²) >= 11 is 2.38. The van der Waals surface area contributed by atoms with Crippen molar-refractivity contribution >= 4 is 28.5 Å². The average Bonchev–Trinajstić information content (AvgIpc) is 2.87. The highest BCUT2D eigenvalue weighted by Crippen LogP contribution is 2.29. The summed E-state index contributed by atoms with van der Waals surface area (Å²) < 4.78 is 6.84. The summed E-state index contributed by atoms with van der Waals surface area (Å²) in [5.74, 6) is 0.758. The molecule has 0 bridgehead atoms. The molecule has 0 aromatic heterocycles. The molecule has 0 saturated carbocycles. The molecule has 1 aliphatic rings. The second-order valence-electron chi connectivity index (χ2n) is 5.89. The summed E-state index contributed by atoms with van der Waals surface area (Å²) in [7, 11) is 0. The van der Waals surface area contributed by atoms with Crippen LogP contribution in [0.3, 0.4) is 0 Å². The van der Waals surface area contributed by atoms with Gasteiger partial charge < -0.3 is 4.74 Å². The Balaban J connectivity index is 2.04. The number of ether oxygens (including phenoxy) is 1. The predicted molar refractivity (Wildman–Crippen MR) is 96.2 cm³/mol. The van der Waals surface area contributed by atoms with Gasteiger partial charge in [0.2, 0.25) is 5.90 Å². The molecule has 1 aliphatic heterocycles. The number of aliphatic imine (C=N–C) groups is 1. The third kappa shape index (κ3) is 3.12. The van der Waals surface area contributed by atoms with E-state index in [-0.39, 0.29) is 5.54 Å². The fourth-order valence-electron chi connectivity index (χ4n) is 2.42. The number of nitrogens with zero attached hydrogens (tertiary/aromatic N) is 1. The van der Waals surface area contributed by atoms with Gasteiger partial charge in [0.15, 0.2) is 0 Å². The SMILES string of the molecule is CC1(C)COC(c2ccccc2-c2ccc(CI)cc2)=N1. The zero-order valence-electron chi connectivity index (χ0n) is 12.3. The van der Waals surface area contributed by atoms with E-state index >= 15 is 0 Å². The van der Waals surface area contributed by atoms with Gasteiger partial charge in [0.05, 0.1) is 5.54 Å². The Kier molecular flexibility index (Phi) is 4.02. The smallest absolute Gasteiger partial charge is 0.217 e. The maximum absolute atomic E-state index is 5.81. The number of alkyl halides is 1. The Morgan fingerprint density at radius 1 is 1.05 bits per heavy atom. The van der Waals surface area contributed by atoms with Crippen LogP contribution in [-0.2, 0) is 9.16 Å². The lowest BCUT2D eigenvalue weighted by molar-refractivity contribution is 0.279. The molecule has 3 rings (SSSR count). The van der Waals surface area contributed by atoms with Gasteiger partial charge in [-0.15, -0.1) is 0 Å². The van der Waals surface area contributed by atoms with E-state index in [4.69, 9.17) is 9.73 Å². The van der Waals surface area contributed by atoms with Gasteiger partial charge in [-0.05, 0) is 36.6 Å². The Labute approximate surface area is 139 Å². The minimum Gasteiger partial charge on any atom is -0.475 e. The zero-order chi connectivity index (χ0) is 14.9. The Hall–Kier alpha value is -1.36. The first-order valence-electron chi connectivity index (χ1n) is 7.06. The van der Waals surface area contributed by atoms with Crippen molar-refractivity contribution < 1.29 is 4.74 Å². The lowest BCUT2D eigenvalue weighted by Gasteiger charge is -2.10. The van der Waals surface area contributed by atoms with E-state index in [1.807, 2.05) is 6.07 Å². The van der Waals surface area contributed by atoms with Gasteiger partial charge in [0, 0.05) is 9.99 Å². The average molecular weight is 391 g/mol. The molecule has 0 atom stereocenters. The number of hydrogen-bond acceptors (Lipinski definition) is 2. The predicted octanol–water partition coefficient (Wildman–Crippen LogP) is 4.84. The number of rotatable bonds is 3. The molecule has 0 unspecified atom stereocenters. The van der Waals surface area contributed by atoms with Crippen molar-refractivity contribution in [3.8, 4) is 11.1 Å². The van der Waals surface area contributed by atoms with Gasteiger partial charge in [-0.1, -0.05) is 65.1 Å². The van der Waals surface area contributed by atoms with E-state index in [0.717, 1.165) is 15.9 Å². The normalized spacial score (nSPS) is 16.4. The first kappa shape index (κ1) is 14.6. The second kappa shape index (κ2) is 5.79. The summed E-state index contributed by atoms with van der Waals surface area (Å²) in [6.07, 6.45) is 0. The van der Waals surface area contributed by atoms with Crippen LogP contribution >= 0.6 is 22.6 Å². The monoisotopic (exact) mass is 391 g/mol. The van der Waals surface area contributed by atoms with Crippen LogP contribution in [0.25, 0.3) is 11.1 Å². The van der Waals surface area contributed by atoms with Crippen LogP contribution in [0.5, 0.6) is 0 Å². The first-order valence-corrected chi connectivity index (χ1v) is 8.59. The van der Waals surface area contributed by atoms with Gasteiger partial charge in [0.1, 0.15) is 6.61 Å². The van der Waals surface area contributed by atoms with Crippen molar-refractivity contribution in [3.05, 3.63) is 59.7 Å². The zero-order valence-corrected chi connectivity index (χ0v) is 14.4. The van der Waals surface area contributed by atoms with Gasteiger partial charge in [-0.25, -0.2) is 4.99 Å². The lowest BCUT2D eigenvalue weighted by Crippen LogP contribution is -2.17. The lowest BCUT2D eigenvalue weighted by atomic mass is 9.98. The highest BCUT2D eigenvalue weighted by molar-refractivity contribution is 14.1. The number of hydrogen-bond donors (Lipinski definition) is 0. The van der Waals surface area contributed by atoms with Gasteiger partial charge in [-0.3, -0.25) is 0 Å². The number of benzene rings is 2. The molecule has 0 spiro atoms. The molecular weight excluding hydrogens is 373 g/mol. The minimum absolute atomic E-state index is 0.131. The summed E-state index contributed by atoms with van der Waals surface area (Å²) in [5.41, 5.74) is 4.66. The number of halogens is 1. The molecule has 0 amide bonds. The molecule has 0 N–H and O–H groups in total. The van der Waals surface area contributed by atoms with Crippen LogP contribution in [-0.4, -0.2) is 18.0 Å². The van der Waals surface area contributed by atoms with Crippen LogP contribution in [0.4, 0.5) is 0 Å². The van der Waals surface area contributed by atoms with Crippen molar-refractivity contribution in [1.82, 2.24) is 0 Å². The van der Waals surface area contributed by atoms with Crippen molar-refractivity contribution in [2.24, 2.45) is 4.99 Å². The fraction of sp³-hybridized carbons (Fsp3) is 0.278. The molecule has 1 heterocycles. The molecule has 2 nitrogen and oxygen atoms in total. The quantitative estimate of drug-likeness (QED) is 0.542. The highest BCUT2D eigenvalue weighted by atomic mass is 127. The van der Waals surface area contributed by atoms with E-state index in [1.165, 1.54) is 16.7 Å². The van der Waals surface area contributed by atoms with E-state index < -0.39 is 0 Å². The topological polar surface area (TPSA) is 21.6 Å². The van der Waals surface area contributed by atoms with Crippen molar-refractivity contribution in [2.75, 3.05) is 6.61 Å². The molecule has 0 fully saturated rings. The van der Waals surface area contributed by atoms with E-state index in [0.29, 0.717) is 6.61 Å². The van der Waals surface area contributed by atoms with Crippen LogP contribution in [0.1, 0.15) is 25.0 Å². The molecular formula is C18H18INO. The second-order valence-corrected chi connectivity index (χ2v) is 6.66. The summed E-state index contributed by atoms with van der Waals surface area (Å²) in [6.45, 7) is 4.83. The molecule has 108 valence electrons. The van der Waals surface area contributed by atoms with Crippen LogP contribution < -0.4 is 0 Å². The minimum atomic E-state index is -0.131. The van der Waals surface area contributed by atoms with Crippen LogP contribution in [0.15, 0.2) is 53.5 Å². The molecule has 0 aliphatic carbocycles. The Morgan fingerprint density at radius 3 is 2.29 bits per heavy atom. The van der Waals surface area contributed by atoms with Crippen LogP contribution in [0.2, 0.25) is 0 Å². The van der Waals surface area contributed by atoms with Crippen molar-refractivity contribution in [2.45, 2.75) is 23.8 Å². The Bertz CT molecular complexity index is 674. The van der Waals surface area contributed by atoms with E-state index in [9.17, 15) is 0 Å².